The zero-order valence-corrected chi connectivity index (χ0v) is 12.2. The van der Waals surface area contributed by atoms with Crippen molar-refractivity contribution in [1.82, 2.24) is 9.84 Å². The average molecular weight is 278 g/mol. The lowest BCUT2D eigenvalue weighted by molar-refractivity contribution is 0.0272. The van der Waals surface area contributed by atoms with Crippen LogP contribution in [0.25, 0.3) is 0 Å². The first-order chi connectivity index (χ1) is 8.64. The third-order valence-corrected chi connectivity index (χ3v) is 4.41. The second-order valence-electron chi connectivity index (χ2n) is 4.78. The van der Waals surface area contributed by atoms with Crippen LogP contribution in [0.2, 0.25) is 0 Å². The highest BCUT2D eigenvalue weighted by Crippen LogP contribution is 2.06. The van der Waals surface area contributed by atoms with E-state index in [-0.39, 0.29) is 5.75 Å². The van der Waals surface area contributed by atoms with E-state index in [9.17, 15) is 8.42 Å². The number of sulfonamides is 1. The number of morpholine rings is 1. The summed E-state index contributed by atoms with van der Waals surface area (Å²) in [4.78, 5) is 2.62. The van der Waals surface area contributed by atoms with Crippen LogP contribution in [0.1, 0.15) is 45.4 Å². The minimum Gasteiger partial charge on any atom is -0.379 e. The van der Waals surface area contributed by atoms with Crippen molar-refractivity contribution in [2.45, 2.75) is 45.4 Å². The standard InChI is InChI=1S/C12H26N2O3S/c1-2-3-4-5-6-7-12-18(15,16)13-14-8-10-17-11-9-14/h13H,2-12H2,1H3. The highest BCUT2D eigenvalue weighted by molar-refractivity contribution is 7.89. The van der Waals surface area contributed by atoms with Crippen LogP contribution in [0.5, 0.6) is 0 Å². The molecule has 1 fully saturated rings. The van der Waals surface area contributed by atoms with E-state index in [2.05, 4.69) is 11.8 Å². The maximum atomic E-state index is 11.8. The number of hydrogen-bond donors (Lipinski definition) is 1. The van der Waals surface area contributed by atoms with Gasteiger partial charge in [-0.05, 0) is 6.42 Å². The topological polar surface area (TPSA) is 58.6 Å². The van der Waals surface area contributed by atoms with Gasteiger partial charge < -0.3 is 4.74 Å². The van der Waals surface area contributed by atoms with Crippen LogP contribution in [-0.2, 0) is 14.8 Å². The Balaban J connectivity index is 2.11. The summed E-state index contributed by atoms with van der Waals surface area (Å²) in [5.74, 6) is 0.233. The number of hydrazine groups is 1. The minimum absolute atomic E-state index is 0.233. The molecule has 0 atom stereocenters. The smallest absolute Gasteiger partial charge is 0.224 e. The number of rotatable bonds is 9. The Kier molecular flexibility index (Phi) is 7.81. The quantitative estimate of drug-likeness (QED) is 0.650. The second kappa shape index (κ2) is 8.85. The molecule has 0 spiro atoms. The maximum absolute atomic E-state index is 11.8. The summed E-state index contributed by atoms with van der Waals surface area (Å²) in [6.07, 6.45) is 6.58. The molecule has 1 aliphatic heterocycles. The first-order valence-electron chi connectivity index (χ1n) is 6.97. The van der Waals surface area contributed by atoms with E-state index in [1.54, 1.807) is 5.01 Å². The van der Waals surface area contributed by atoms with Crippen molar-refractivity contribution >= 4 is 10.0 Å². The Morgan fingerprint density at radius 2 is 1.67 bits per heavy atom. The normalized spacial score (nSPS) is 18.1. The Bertz CT molecular complexity index is 300. The van der Waals surface area contributed by atoms with Crippen molar-refractivity contribution in [3.63, 3.8) is 0 Å². The zero-order chi connectivity index (χ0) is 13.3. The fourth-order valence-corrected chi connectivity index (χ4v) is 3.22. The van der Waals surface area contributed by atoms with Gasteiger partial charge in [0.2, 0.25) is 10.0 Å². The highest BCUT2D eigenvalue weighted by atomic mass is 32.2. The van der Waals surface area contributed by atoms with Crippen molar-refractivity contribution in [1.29, 1.82) is 0 Å². The fraction of sp³-hybridized carbons (Fsp3) is 1.00. The molecule has 1 N–H and O–H groups in total. The molecule has 1 heterocycles. The fourth-order valence-electron chi connectivity index (χ4n) is 1.97. The molecule has 0 unspecified atom stereocenters. The van der Waals surface area contributed by atoms with E-state index in [4.69, 9.17) is 4.74 Å². The Labute approximate surface area is 111 Å². The largest absolute Gasteiger partial charge is 0.379 e. The summed E-state index contributed by atoms with van der Waals surface area (Å²) in [6.45, 7) is 4.64. The van der Waals surface area contributed by atoms with Crippen molar-refractivity contribution in [2.75, 3.05) is 32.1 Å². The summed E-state index contributed by atoms with van der Waals surface area (Å²) in [5.41, 5.74) is 0. The molecule has 0 aromatic rings. The van der Waals surface area contributed by atoms with Crippen LogP contribution in [0.4, 0.5) is 0 Å². The molecular formula is C12H26N2O3S. The first-order valence-corrected chi connectivity index (χ1v) is 8.62. The summed E-state index contributed by atoms with van der Waals surface area (Å²) in [7, 11) is -3.15. The molecule has 18 heavy (non-hydrogen) atoms. The van der Waals surface area contributed by atoms with Crippen LogP contribution in [0, 0.1) is 0 Å². The third kappa shape index (κ3) is 7.31. The van der Waals surface area contributed by atoms with Crippen LogP contribution in [-0.4, -0.2) is 45.5 Å². The molecule has 1 aliphatic rings. The maximum Gasteiger partial charge on any atom is 0.224 e. The Morgan fingerprint density at radius 3 is 2.33 bits per heavy atom. The Hall–Kier alpha value is -0.170. The molecule has 108 valence electrons. The van der Waals surface area contributed by atoms with Crippen molar-refractivity contribution in [2.24, 2.45) is 0 Å². The molecule has 0 aromatic heterocycles. The summed E-state index contributed by atoms with van der Waals surface area (Å²) in [5, 5.41) is 1.73. The van der Waals surface area contributed by atoms with E-state index in [0.717, 1.165) is 19.3 Å². The van der Waals surface area contributed by atoms with Gasteiger partial charge in [0.1, 0.15) is 0 Å². The number of hydrogen-bond acceptors (Lipinski definition) is 4. The molecule has 0 amide bonds. The lowest BCUT2D eigenvalue weighted by Crippen LogP contribution is -2.48. The molecular weight excluding hydrogens is 252 g/mol. The molecule has 1 saturated heterocycles. The first kappa shape index (κ1) is 15.9. The predicted molar refractivity (Wildman–Crippen MR) is 72.7 cm³/mol. The molecule has 5 nitrogen and oxygen atoms in total. The van der Waals surface area contributed by atoms with Crippen LogP contribution < -0.4 is 4.83 Å². The van der Waals surface area contributed by atoms with Gasteiger partial charge in [-0.1, -0.05) is 39.0 Å². The van der Waals surface area contributed by atoms with Gasteiger partial charge in [-0.15, -0.1) is 4.83 Å². The van der Waals surface area contributed by atoms with Crippen LogP contribution in [0.15, 0.2) is 0 Å². The van der Waals surface area contributed by atoms with E-state index in [0.29, 0.717) is 26.3 Å². The predicted octanol–water partition coefficient (Wildman–Crippen LogP) is 1.51. The van der Waals surface area contributed by atoms with E-state index in [1.807, 2.05) is 0 Å². The molecule has 0 saturated carbocycles. The van der Waals surface area contributed by atoms with Gasteiger partial charge in [-0.25, -0.2) is 13.4 Å². The summed E-state index contributed by atoms with van der Waals surface area (Å²) >= 11 is 0. The zero-order valence-electron chi connectivity index (χ0n) is 11.4. The van der Waals surface area contributed by atoms with Crippen molar-refractivity contribution < 1.29 is 13.2 Å². The van der Waals surface area contributed by atoms with Crippen LogP contribution in [0.3, 0.4) is 0 Å². The third-order valence-electron chi connectivity index (χ3n) is 3.05. The Morgan fingerprint density at radius 1 is 1.06 bits per heavy atom. The van der Waals surface area contributed by atoms with Crippen molar-refractivity contribution in [3.8, 4) is 0 Å². The molecule has 0 bridgehead atoms. The molecule has 6 heteroatoms. The van der Waals surface area contributed by atoms with Gasteiger partial charge in [-0.3, -0.25) is 0 Å². The monoisotopic (exact) mass is 278 g/mol. The molecule has 0 radical (unpaired) electrons. The highest BCUT2D eigenvalue weighted by Gasteiger charge is 2.17. The van der Waals surface area contributed by atoms with Gasteiger partial charge in [0, 0.05) is 13.1 Å². The van der Waals surface area contributed by atoms with Gasteiger partial charge in [-0.2, -0.15) is 0 Å². The minimum atomic E-state index is -3.15. The lowest BCUT2D eigenvalue weighted by atomic mass is 10.1. The van der Waals surface area contributed by atoms with Gasteiger partial charge in [0.15, 0.2) is 0 Å². The molecule has 0 aliphatic carbocycles. The van der Waals surface area contributed by atoms with Gasteiger partial charge in [0.25, 0.3) is 0 Å². The lowest BCUT2D eigenvalue weighted by Gasteiger charge is -2.26. The van der Waals surface area contributed by atoms with Gasteiger partial charge in [0.05, 0.1) is 19.0 Å². The average Bonchev–Trinajstić information content (AvgIpc) is 2.34. The summed E-state index contributed by atoms with van der Waals surface area (Å²) < 4.78 is 28.8. The van der Waals surface area contributed by atoms with E-state index in [1.165, 1.54) is 19.3 Å². The molecule has 1 rings (SSSR count). The summed E-state index contributed by atoms with van der Waals surface area (Å²) in [6, 6.07) is 0. The van der Waals surface area contributed by atoms with E-state index < -0.39 is 10.0 Å². The second-order valence-corrected chi connectivity index (χ2v) is 6.60. The SMILES string of the molecule is CCCCCCCCS(=O)(=O)NN1CCOCC1. The van der Waals surface area contributed by atoms with Crippen LogP contribution >= 0.6 is 0 Å². The van der Waals surface area contributed by atoms with E-state index >= 15 is 0 Å². The number of nitrogens with one attached hydrogen (secondary N) is 1. The number of nitrogens with zero attached hydrogens (tertiary/aromatic N) is 1. The number of unbranched alkanes of at least 4 members (excludes halogenated alkanes) is 5. The number of ether oxygens (including phenoxy) is 1. The van der Waals surface area contributed by atoms with Crippen molar-refractivity contribution in [3.05, 3.63) is 0 Å². The van der Waals surface area contributed by atoms with Gasteiger partial charge >= 0.3 is 0 Å². The molecule has 0 aromatic carbocycles.